The van der Waals surface area contributed by atoms with Gasteiger partial charge in [0.1, 0.15) is 5.75 Å². The number of rotatable bonds is 5. The van der Waals surface area contributed by atoms with Gasteiger partial charge in [-0.1, -0.05) is 17.7 Å². The molecule has 3 nitrogen and oxygen atoms in total. The Morgan fingerprint density at radius 2 is 1.94 bits per heavy atom. The highest BCUT2D eigenvalue weighted by Gasteiger charge is 2.26. The summed E-state index contributed by atoms with van der Waals surface area (Å²) in [5.41, 5.74) is 8.19. The summed E-state index contributed by atoms with van der Waals surface area (Å²) >= 11 is 0. The lowest BCUT2D eigenvalue weighted by atomic mass is 9.92. The highest BCUT2D eigenvalue weighted by Crippen LogP contribution is 2.24. The molecule has 0 aliphatic rings. The highest BCUT2D eigenvalue weighted by atomic mass is 16.5. The molecule has 1 atom stereocenters. The summed E-state index contributed by atoms with van der Waals surface area (Å²) in [4.78, 5) is 0. The SMILES string of the molecule is COc1ccc(C)cc1CC(N)C(C)(C)OC. The molecule has 2 N–H and O–H groups in total. The average molecular weight is 237 g/mol. The predicted octanol–water partition coefficient (Wildman–Crippen LogP) is 2.30. The monoisotopic (exact) mass is 237 g/mol. The number of methoxy groups -OCH3 is 2. The minimum atomic E-state index is -0.339. The molecule has 0 saturated heterocycles. The van der Waals surface area contributed by atoms with Crippen LogP contribution >= 0.6 is 0 Å². The fourth-order valence-electron chi connectivity index (χ4n) is 1.70. The van der Waals surface area contributed by atoms with Crippen LogP contribution in [0.4, 0.5) is 0 Å². The van der Waals surface area contributed by atoms with Crippen molar-refractivity contribution in [1.29, 1.82) is 0 Å². The second-order valence-corrected chi connectivity index (χ2v) is 4.93. The Morgan fingerprint density at radius 1 is 1.29 bits per heavy atom. The van der Waals surface area contributed by atoms with Crippen LogP contribution in [-0.4, -0.2) is 25.9 Å². The van der Waals surface area contributed by atoms with Gasteiger partial charge in [-0.05, 0) is 38.8 Å². The van der Waals surface area contributed by atoms with Gasteiger partial charge in [-0.15, -0.1) is 0 Å². The molecule has 1 aromatic carbocycles. The van der Waals surface area contributed by atoms with E-state index in [4.69, 9.17) is 15.2 Å². The van der Waals surface area contributed by atoms with Crippen LogP contribution in [0.25, 0.3) is 0 Å². The van der Waals surface area contributed by atoms with Gasteiger partial charge in [-0.25, -0.2) is 0 Å². The molecule has 17 heavy (non-hydrogen) atoms. The zero-order valence-electron chi connectivity index (χ0n) is 11.4. The van der Waals surface area contributed by atoms with Crippen LogP contribution in [0.1, 0.15) is 25.0 Å². The summed E-state index contributed by atoms with van der Waals surface area (Å²) in [5, 5.41) is 0. The Balaban J connectivity index is 2.91. The molecule has 0 fully saturated rings. The molecule has 0 aliphatic carbocycles. The van der Waals surface area contributed by atoms with Crippen molar-refractivity contribution in [2.45, 2.75) is 38.8 Å². The molecule has 0 bridgehead atoms. The average Bonchev–Trinajstić information content (AvgIpc) is 2.29. The summed E-state index contributed by atoms with van der Waals surface area (Å²) in [6.07, 6.45) is 0.742. The zero-order valence-corrected chi connectivity index (χ0v) is 11.4. The fourth-order valence-corrected chi connectivity index (χ4v) is 1.70. The van der Waals surface area contributed by atoms with Crippen molar-refractivity contribution < 1.29 is 9.47 Å². The second-order valence-electron chi connectivity index (χ2n) is 4.93. The van der Waals surface area contributed by atoms with Crippen LogP contribution in [0.5, 0.6) is 5.75 Å². The molecule has 0 spiro atoms. The maximum atomic E-state index is 6.19. The molecule has 0 radical (unpaired) electrons. The van der Waals surface area contributed by atoms with E-state index in [-0.39, 0.29) is 11.6 Å². The van der Waals surface area contributed by atoms with Gasteiger partial charge in [0.05, 0.1) is 12.7 Å². The first-order chi connectivity index (χ1) is 7.90. The molecule has 96 valence electrons. The van der Waals surface area contributed by atoms with Crippen molar-refractivity contribution in [2.75, 3.05) is 14.2 Å². The van der Waals surface area contributed by atoms with Crippen molar-refractivity contribution in [1.82, 2.24) is 0 Å². The van der Waals surface area contributed by atoms with Crippen LogP contribution in [0.2, 0.25) is 0 Å². The van der Waals surface area contributed by atoms with Gasteiger partial charge in [-0.3, -0.25) is 0 Å². The van der Waals surface area contributed by atoms with E-state index in [0.29, 0.717) is 0 Å². The predicted molar refractivity (Wildman–Crippen MR) is 70.5 cm³/mol. The second kappa shape index (κ2) is 5.52. The van der Waals surface area contributed by atoms with Crippen LogP contribution in [-0.2, 0) is 11.2 Å². The third kappa shape index (κ3) is 3.45. The van der Waals surface area contributed by atoms with E-state index in [1.165, 1.54) is 5.56 Å². The van der Waals surface area contributed by atoms with Crippen molar-refractivity contribution in [3.05, 3.63) is 29.3 Å². The van der Waals surface area contributed by atoms with Gasteiger partial charge in [0.25, 0.3) is 0 Å². The Kier molecular flexibility index (Phi) is 4.54. The van der Waals surface area contributed by atoms with Gasteiger partial charge < -0.3 is 15.2 Å². The van der Waals surface area contributed by atoms with E-state index >= 15 is 0 Å². The molecule has 1 rings (SSSR count). The molecular formula is C14H23NO2. The van der Waals surface area contributed by atoms with E-state index in [0.717, 1.165) is 17.7 Å². The Labute approximate surface area is 104 Å². The minimum Gasteiger partial charge on any atom is -0.496 e. The third-order valence-electron chi connectivity index (χ3n) is 3.29. The standard InChI is InChI=1S/C14H23NO2/c1-10-6-7-12(16-4)11(8-10)9-13(15)14(2,3)17-5/h6-8,13H,9,15H2,1-5H3. The van der Waals surface area contributed by atoms with E-state index in [9.17, 15) is 0 Å². The zero-order chi connectivity index (χ0) is 13.1. The molecule has 1 unspecified atom stereocenters. The number of nitrogens with two attached hydrogens (primary N) is 1. The topological polar surface area (TPSA) is 44.5 Å². The molecule has 0 aliphatic heterocycles. The van der Waals surface area contributed by atoms with Crippen molar-refractivity contribution >= 4 is 0 Å². The summed E-state index contributed by atoms with van der Waals surface area (Å²) in [7, 11) is 3.37. The van der Waals surface area contributed by atoms with Gasteiger partial charge in [0.2, 0.25) is 0 Å². The summed E-state index contributed by atoms with van der Waals surface area (Å²) in [6.45, 7) is 6.07. The number of hydrogen-bond acceptors (Lipinski definition) is 3. The lowest BCUT2D eigenvalue weighted by Crippen LogP contribution is -2.46. The molecule has 1 aromatic rings. The third-order valence-corrected chi connectivity index (χ3v) is 3.29. The van der Waals surface area contributed by atoms with Crippen molar-refractivity contribution in [3.8, 4) is 5.75 Å². The quantitative estimate of drug-likeness (QED) is 0.854. The van der Waals surface area contributed by atoms with E-state index in [1.54, 1.807) is 14.2 Å². The molecule has 0 heterocycles. The molecule has 3 heteroatoms. The van der Waals surface area contributed by atoms with Crippen LogP contribution < -0.4 is 10.5 Å². The fraction of sp³-hybridized carbons (Fsp3) is 0.571. The smallest absolute Gasteiger partial charge is 0.122 e. The molecular weight excluding hydrogens is 214 g/mol. The normalized spacial score (nSPS) is 13.5. The first-order valence-electron chi connectivity index (χ1n) is 5.85. The first kappa shape index (κ1) is 14.0. The van der Waals surface area contributed by atoms with E-state index in [1.807, 2.05) is 26.0 Å². The number of ether oxygens (including phenoxy) is 2. The summed E-state index contributed by atoms with van der Waals surface area (Å²) in [6, 6.07) is 6.07. The minimum absolute atomic E-state index is 0.0665. The molecule has 0 aromatic heterocycles. The van der Waals surface area contributed by atoms with Gasteiger partial charge >= 0.3 is 0 Å². The molecule has 0 amide bonds. The van der Waals surface area contributed by atoms with Crippen molar-refractivity contribution in [2.24, 2.45) is 5.73 Å². The van der Waals surface area contributed by atoms with Crippen LogP contribution in [0, 0.1) is 6.92 Å². The van der Waals surface area contributed by atoms with E-state index < -0.39 is 0 Å². The van der Waals surface area contributed by atoms with Crippen LogP contribution in [0.15, 0.2) is 18.2 Å². The van der Waals surface area contributed by atoms with E-state index in [2.05, 4.69) is 13.0 Å². The Morgan fingerprint density at radius 3 is 2.47 bits per heavy atom. The Bertz CT molecular complexity index is 374. The summed E-state index contributed by atoms with van der Waals surface area (Å²) in [5.74, 6) is 0.887. The molecule has 0 saturated carbocycles. The maximum absolute atomic E-state index is 6.19. The number of benzene rings is 1. The maximum Gasteiger partial charge on any atom is 0.122 e. The van der Waals surface area contributed by atoms with Gasteiger partial charge in [0, 0.05) is 13.2 Å². The summed E-state index contributed by atoms with van der Waals surface area (Å²) < 4.78 is 10.8. The first-order valence-corrected chi connectivity index (χ1v) is 5.85. The number of aryl methyl sites for hydroxylation is 1. The Hall–Kier alpha value is -1.06. The lowest BCUT2D eigenvalue weighted by Gasteiger charge is -2.30. The van der Waals surface area contributed by atoms with Crippen molar-refractivity contribution in [3.63, 3.8) is 0 Å². The van der Waals surface area contributed by atoms with Crippen LogP contribution in [0.3, 0.4) is 0 Å². The lowest BCUT2D eigenvalue weighted by molar-refractivity contribution is 0.000698. The largest absolute Gasteiger partial charge is 0.496 e. The van der Waals surface area contributed by atoms with Gasteiger partial charge in [-0.2, -0.15) is 0 Å². The highest BCUT2D eigenvalue weighted by molar-refractivity contribution is 5.37. The van der Waals surface area contributed by atoms with Gasteiger partial charge in [0.15, 0.2) is 0 Å². The number of hydrogen-bond donors (Lipinski definition) is 1.